The Balaban J connectivity index is 2.09. The molecule has 8 heteroatoms. The van der Waals surface area contributed by atoms with Crippen LogP contribution >= 0.6 is 0 Å². The van der Waals surface area contributed by atoms with Crippen LogP contribution in [0.4, 0.5) is 4.79 Å². The summed E-state index contributed by atoms with van der Waals surface area (Å²) < 4.78 is 10.8. The van der Waals surface area contributed by atoms with E-state index in [1.807, 2.05) is 58.9 Å². The van der Waals surface area contributed by atoms with Crippen LogP contribution in [-0.4, -0.2) is 60.7 Å². The molecule has 1 aliphatic rings. The Bertz CT molecular complexity index is 824. The first-order valence-corrected chi connectivity index (χ1v) is 12.7. The normalized spacial score (nSPS) is 16.1. The van der Waals surface area contributed by atoms with E-state index in [1.165, 1.54) is 7.11 Å². The molecule has 1 fully saturated rings. The minimum atomic E-state index is -0.869. The standard InChI is InChI=1S/C27H43N3O5/c1-19(2)17-22(29-26(33)30-15-9-7-8-10-16-30)24(31)28-23(25(32)34-6)18-20-11-13-21(14-12-20)35-27(3,4)5/h11-14,19,22-23H,7-10,15-18H2,1-6H3,(H,28,31)(H,29,33). The number of carbonyl (C=O) groups is 3. The van der Waals surface area contributed by atoms with Crippen molar-refractivity contribution in [2.24, 2.45) is 5.92 Å². The number of nitrogens with one attached hydrogen (secondary N) is 2. The number of methoxy groups -OCH3 is 1. The number of amides is 3. The number of esters is 1. The van der Waals surface area contributed by atoms with Crippen molar-refractivity contribution in [3.05, 3.63) is 29.8 Å². The highest BCUT2D eigenvalue weighted by molar-refractivity contribution is 5.90. The van der Waals surface area contributed by atoms with Crippen molar-refractivity contribution in [3.8, 4) is 5.75 Å². The monoisotopic (exact) mass is 489 g/mol. The van der Waals surface area contributed by atoms with Gasteiger partial charge in [-0.05, 0) is 63.6 Å². The maximum absolute atomic E-state index is 13.2. The molecule has 2 unspecified atom stereocenters. The third-order valence-electron chi connectivity index (χ3n) is 5.80. The molecule has 1 aromatic carbocycles. The lowest BCUT2D eigenvalue weighted by molar-refractivity contribution is -0.145. The molecule has 2 N–H and O–H groups in total. The largest absolute Gasteiger partial charge is 0.488 e. The molecule has 2 rings (SSSR count). The van der Waals surface area contributed by atoms with Gasteiger partial charge >= 0.3 is 12.0 Å². The first kappa shape index (κ1) is 28.5. The van der Waals surface area contributed by atoms with Crippen molar-refractivity contribution in [2.45, 2.75) is 90.8 Å². The van der Waals surface area contributed by atoms with Crippen LogP contribution in [0.1, 0.15) is 72.3 Å². The summed E-state index contributed by atoms with van der Waals surface area (Å²) in [6, 6.07) is 5.61. The predicted molar refractivity (Wildman–Crippen MR) is 136 cm³/mol. The Labute approximate surface area is 210 Å². The van der Waals surface area contributed by atoms with E-state index in [0.717, 1.165) is 37.0 Å². The lowest BCUT2D eigenvalue weighted by atomic mass is 10.0. The van der Waals surface area contributed by atoms with Gasteiger partial charge in [-0.3, -0.25) is 4.79 Å². The summed E-state index contributed by atoms with van der Waals surface area (Å²) in [4.78, 5) is 40.4. The second-order valence-electron chi connectivity index (χ2n) is 10.7. The number of urea groups is 1. The summed E-state index contributed by atoms with van der Waals surface area (Å²) in [5.41, 5.74) is 0.545. The first-order chi connectivity index (χ1) is 16.5. The highest BCUT2D eigenvalue weighted by atomic mass is 16.5. The smallest absolute Gasteiger partial charge is 0.328 e. The number of hydrogen-bond acceptors (Lipinski definition) is 5. The van der Waals surface area contributed by atoms with Crippen LogP contribution in [0.5, 0.6) is 5.75 Å². The van der Waals surface area contributed by atoms with E-state index in [1.54, 1.807) is 4.90 Å². The quantitative estimate of drug-likeness (QED) is 0.510. The fraction of sp³-hybridized carbons (Fsp3) is 0.667. The van der Waals surface area contributed by atoms with Crippen LogP contribution < -0.4 is 15.4 Å². The molecule has 0 radical (unpaired) electrons. The number of rotatable bonds is 9. The summed E-state index contributed by atoms with van der Waals surface area (Å²) in [5, 5.41) is 5.72. The van der Waals surface area contributed by atoms with E-state index in [0.29, 0.717) is 19.5 Å². The minimum absolute atomic E-state index is 0.183. The molecule has 0 saturated carbocycles. The van der Waals surface area contributed by atoms with Gasteiger partial charge in [-0.1, -0.05) is 38.8 Å². The number of benzene rings is 1. The zero-order valence-electron chi connectivity index (χ0n) is 22.2. The molecule has 1 aromatic rings. The minimum Gasteiger partial charge on any atom is -0.488 e. The van der Waals surface area contributed by atoms with Gasteiger partial charge in [0, 0.05) is 19.5 Å². The maximum Gasteiger partial charge on any atom is 0.328 e. The lowest BCUT2D eigenvalue weighted by Crippen LogP contribution is -2.55. The Morgan fingerprint density at radius 2 is 1.54 bits per heavy atom. The number of carbonyl (C=O) groups excluding carboxylic acids is 3. The van der Waals surface area contributed by atoms with Gasteiger partial charge in [0.2, 0.25) is 5.91 Å². The Morgan fingerprint density at radius 3 is 2.06 bits per heavy atom. The SMILES string of the molecule is COC(=O)C(Cc1ccc(OC(C)(C)C)cc1)NC(=O)C(CC(C)C)NC(=O)N1CCCCCC1. The summed E-state index contributed by atoms with van der Waals surface area (Å²) in [7, 11) is 1.30. The van der Waals surface area contributed by atoms with Gasteiger partial charge < -0.3 is 25.0 Å². The van der Waals surface area contributed by atoms with Crippen LogP contribution in [0.25, 0.3) is 0 Å². The third-order valence-corrected chi connectivity index (χ3v) is 5.80. The molecule has 35 heavy (non-hydrogen) atoms. The van der Waals surface area contributed by atoms with Crippen molar-refractivity contribution in [2.75, 3.05) is 20.2 Å². The molecule has 8 nitrogen and oxygen atoms in total. The Hall–Kier alpha value is -2.77. The molecule has 1 heterocycles. The Morgan fingerprint density at radius 1 is 0.943 bits per heavy atom. The zero-order valence-corrected chi connectivity index (χ0v) is 22.2. The van der Waals surface area contributed by atoms with E-state index >= 15 is 0 Å². The molecule has 3 amide bonds. The molecule has 196 valence electrons. The molecule has 0 aromatic heterocycles. The predicted octanol–water partition coefficient (Wildman–Crippen LogP) is 4.06. The van der Waals surface area contributed by atoms with E-state index in [4.69, 9.17) is 9.47 Å². The van der Waals surface area contributed by atoms with Crippen molar-refractivity contribution in [1.29, 1.82) is 0 Å². The number of hydrogen-bond donors (Lipinski definition) is 2. The van der Waals surface area contributed by atoms with Gasteiger partial charge in [-0.2, -0.15) is 0 Å². The molecular weight excluding hydrogens is 446 g/mol. The van der Waals surface area contributed by atoms with Crippen LogP contribution in [0.3, 0.4) is 0 Å². The van der Waals surface area contributed by atoms with Gasteiger partial charge in [0.1, 0.15) is 23.4 Å². The summed E-state index contributed by atoms with van der Waals surface area (Å²) in [6.45, 7) is 11.3. The van der Waals surface area contributed by atoms with Crippen molar-refractivity contribution < 1.29 is 23.9 Å². The van der Waals surface area contributed by atoms with Crippen LogP contribution in [0, 0.1) is 5.92 Å². The third kappa shape index (κ3) is 10.2. The maximum atomic E-state index is 13.2. The molecule has 1 saturated heterocycles. The average molecular weight is 490 g/mol. The summed E-state index contributed by atoms with van der Waals surface area (Å²) in [5.74, 6) is -0.00397. The van der Waals surface area contributed by atoms with E-state index < -0.39 is 18.1 Å². The van der Waals surface area contributed by atoms with Crippen LogP contribution in [0.15, 0.2) is 24.3 Å². The highest BCUT2D eigenvalue weighted by Gasteiger charge is 2.29. The molecule has 0 spiro atoms. The van der Waals surface area contributed by atoms with Gasteiger partial charge in [0.05, 0.1) is 7.11 Å². The Kier molecular flexibility index (Phi) is 10.9. The summed E-state index contributed by atoms with van der Waals surface area (Å²) in [6.07, 6.45) is 4.91. The highest BCUT2D eigenvalue weighted by Crippen LogP contribution is 2.19. The molecule has 1 aliphatic heterocycles. The van der Waals surface area contributed by atoms with Crippen molar-refractivity contribution in [3.63, 3.8) is 0 Å². The van der Waals surface area contributed by atoms with Crippen molar-refractivity contribution in [1.82, 2.24) is 15.5 Å². The summed E-state index contributed by atoms with van der Waals surface area (Å²) >= 11 is 0. The van der Waals surface area contributed by atoms with Crippen LogP contribution in [-0.2, 0) is 20.7 Å². The fourth-order valence-electron chi connectivity index (χ4n) is 4.11. The van der Waals surface area contributed by atoms with Gasteiger partial charge in [0.15, 0.2) is 0 Å². The molecule has 2 atom stereocenters. The van der Waals surface area contributed by atoms with Gasteiger partial charge in [-0.15, -0.1) is 0 Å². The first-order valence-electron chi connectivity index (χ1n) is 12.7. The van der Waals surface area contributed by atoms with Crippen LogP contribution in [0.2, 0.25) is 0 Å². The molecule has 0 aliphatic carbocycles. The van der Waals surface area contributed by atoms with Crippen molar-refractivity contribution >= 4 is 17.9 Å². The zero-order chi connectivity index (χ0) is 26.0. The number of nitrogens with zero attached hydrogens (tertiary/aromatic N) is 1. The van der Waals surface area contributed by atoms with E-state index in [9.17, 15) is 14.4 Å². The van der Waals surface area contributed by atoms with Gasteiger partial charge in [-0.25, -0.2) is 9.59 Å². The van der Waals surface area contributed by atoms with Gasteiger partial charge in [0.25, 0.3) is 0 Å². The lowest BCUT2D eigenvalue weighted by Gasteiger charge is -2.27. The number of ether oxygens (including phenoxy) is 2. The number of likely N-dealkylation sites (tertiary alicyclic amines) is 1. The average Bonchev–Trinajstić information content (AvgIpc) is 3.07. The van der Waals surface area contributed by atoms with E-state index in [-0.39, 0.29) is 29.9 Å². The van der Waals surface area contributed by atoms with E-state index in [2.05, 4.69) is 10.6 Å². The molecular formula is C27H43N3O5. The second kappa shape index (κ2) is 13.4. The topological polar surface area (TPSA) is 97.0 Å². The molecule has 0 bridgehead atoms. The fourth-order valence-corrected chi connectivity index (χ4v) is 4.11. The second-order valence-corrected chi connectivity index (χ2v) is 10.7.